The van der Waals surface area contributed by atoms with E-state index in [-0.39, 0.29) is 11.8 Å². The predicted molar refractivity (Wildman–Crippen MR) is 134 cm³/mol. The van der Waals surface area contributed by atoms with Crippen LogP contribution in [-0.4, -0.2) is 35.7 Å². The maximum absolute atomic E-state index is 13.0. The Morgan fingerprint density at radius 3 is 2.59 bits per heavy atom. The summed E-state index contributed by atoms with van der Waals surface area (Å²) in [5, 5.41) is 0. The zero-order valence-corrected chi connectivity index (χ0v) is 19.6. The van der Waals surface area contributed by atoms with Crippen LogP contribution in [0.4, 0.5) is 5.69 Å². The summed E-state index contributed by atoms with van der Waals surface area (Å²) in [5.74, 6) is 2.64. The van der Waals surface area contributed by atoms with Crippen molar-refractivity contribution in [3.63, 3.8) is 0 Å². The third kappa shape index (κ3) is 4.36. The van der Waals surface area contributed by atoms with Gasteiger partial charge in [0, 0.05) is 30.6 Å². The summed E-state index contributed by atoms with van der Waals surface area (Å²) in [6, 6.07) is 24.0. The molecule has 0 spiro atoms. The van der Waals surface area contributed by atoms with Gasteiger partial charge >= 0.3 is 0 Å². The normalized spacial score (nSPS) is 15.8. The lowest BCUT2D eigenvalue weighted by molar-refractivity contribution is -0.117. The lowest BCUT2D eigenvalue weighted by Crippen LogP contribution is -2.24. The van der Waals surface area contributed by atoms with Crippen molar-refractivity contribution in [3.05, 3.63) is 84.2 Å². The molecule has 0 bridgehead atoms. The van der Waals surface area contributed by atoms with Crippen LogP contribution in [0.15, 0.2) is 72.8 Å². The minimum atomic E-state index is 0.0302. The topological polar surface area (TPSA) is 56.6 Å². The Hall–Kier alpha value is -3.80. The summed E-state index contributed by atoms with van der Waals surface area (Å²) in [4.78, 5) is 19.8. The summed E-state index contributed by atoms with van der Waals surface area (Å²) >= 11 is 0. The van der Waals surface area contributed by atoms with Gasteiger partial charge in [0.15, 0.2) is 0 Å². The molecule has 3 aromatic carbocycles. The molecular weight excluding hydrogens is 426 g/mol. The van der Waals surface area contributed by atoms with Gasteiger partial charge in [-0.2, -0.15) is 0 Å². The van der Waals surface area contributed by atoms with Gasteiger partial charge in [0.1, 0.15) is 23.9 Å². The van der Waals surface area contributed by atoms with E-state index in [9.17, 15) is 4.79 Å². The van der Waals surface area contributed by atoms with E-state index in [4.69, 9.17) is 14.5 Å². The molecule has 6 nitrogen and oxygen atoms in total. The van der Waals surface area contributed by atoms with Gasteiger partial charge in [-0.1, -0.05) is 37.3 Å². The van der Waals surface area contributed by atoms with Crippen LogP contribution in [0.2, 0.25) is 0 Å². The van der Waals surface area contributed by atoms with Gasteiger partial charge in [-0.3, -0.25) is 4.79 Å². The second kappa shape index (κ2) is 9.59. The molecule has 4 aromatic rings. The van der Waals surface area contributed by atoms with Crippen LogP contribution in [0.5, 0.6) is 11.5 Å². The highest BCUT2D eigenvalue weighted by atomic mass is 16.5. The fourth-order valence-electron chi connectivity index (χ4n) is 4.63. The van der Waals surface area contributed by atoms with Crippen molar-refractivity contribution in [2.45, 2.75) is 32.2 Å². The van der Waals surface area contributed by atoms with Crippen molar-refractivity contribution in [3.8, 4) is 11.5 Å². The highest BCUT2D eigenvalue weighted by Crippen LogP contribution is 2.33. The van der Waals surface area contributed by atoms with Crippen LogP contribution in [0.1, 0.15) is 30.7 Å². The number of ether oxygens (including phenoxy) is 2. The fourth-order valence-corrected chi connectivity index (χ4v) is 4.63. The molecule has 0 N–H and O–H groups in total. The van der Waals surface area contributed by atoms with Crippen LogP contribution in [0.3, 0.4) is 0 Å². The van der Waals surface area contributed by atoms with E-state index in [0.717, 1.165) is 40.5 Å². The first-order valence-corrected chi connectivity index (χ1v) is 11.8. The SMILES string of the molecule is CCc1ccc(N2C[C@@H](c3nc4ccccc4n3CCOc3cccc(OC)c3)CC2=O)cc1. The first-order chi connectivity index (χ1) is 16.7. The third-order valence-corrected chi connectivity index (χ3v) is 6.46. The number of methoxy groups -OCH3 is 1. The predicted octanol–water partition coefficient (Wildman–Crippen LogP) is 5.21. The molecule has 1 amide bonds. The van der Waals surface area contributed by atoms with Gasteiger partial charge in [0.2, 0.25) is 5.91 Å². The number of anilines is 1. The number of aromatic nitrogens is 2. The van der Waals surface area contributed by atoms with Gasteiger partial charge in [-0.25, -0.2) is 4.98 Å². The van der Waals surface area contributed by atoms with Crippen molar-refractivity contribution >= 4 is 22.6 Å². The minimum absolute atomic E-state index is 0.0302. The summed E-state index contributed by atoms with van der Waals surface area (Å²) in [6.07, 6.45) is 1.44. The second-order valence-electron chi connectivity index (χ2n) is 8.56. The van der Waals surface area contributed by atoms with E-state index in [1.807, 2.05) is 59.5 Å². The highest BCUT2D eigenvalue weighted by molar-refractivity contribution is 5.96. The van der Waals surface area contributed by atoms with Crippen molar-refractivity contribution in [1.29, 1.82) is 0 Å². The van der Waals surface area contributed by atoms with Crippen LogP contribution in [-0.2, 0) is 17.8 Å². The average Bonchev–Trinajstić information content (AvgIpc) is 3.45. The Bertz CT molecular complexity index is 1300. The minimum Gasteiger partial charge on any atom is -0.497 e. The lowest BCUT2D eigenvalue weighted by Gasteiger charge is -2.18. The number of rotatable bonds is 8. The average molecular weight is 456 g/mol. The van der Waals surface area contributed by atoms with Gasteiger partial charge in [0.05, 0.1) is 24.7 Å². The number of amides is 1. The lowest BCUT2D eigenvalue weighted by atomic mass is 10.1. The molecule has 0 aliphatic carbocycles. The van der Waals surface area contributed by atoms with Crippen molar-refractivity contribution in [1.82, 2.24) is 9.55 Å². The number of hydrogen-bond donors (Lipinski definition) is 0. The Morgan fingerprint density at radius 1 is 1.00 bits per heavy atom. The largest absolute Gasteiger partial charge is 0.497 e. The zero-order valence-electron chi connectivity index (χ0n) is 19.6. The van der Waals surface area contributed by atoms with E-state index in [1.54, 1.807) is 7.11 Å². The maximum atomic E-state index is 13.0. The number of para-hydroxylation sites is 2. The summed E-state index contributed by atoms with van der Waals surface area (Å²) in [6.45, 7) is 3.89. The molecule has 2 heterocycles. The number of imidazole rings is 1. The molecule has 0 unspecified atom stereocenters. The molecule has 6 heteroatoms. The number of carbonyl (C=O) groups excluding carboxylic acids is 1. The van der Waals surface area contributed by atoms with Gasteiger partial charge in [-0.15, -0.1) is 0 Å². The molecule has 1 aromatic heterocycles. The van der Waals surface area contributed by atoms with Crippen LogP contribution >= 0.6 is 0 Å². The number of hydrogen-bond acceptors (Lipinski definition) is 4. The number of aryl methyl sites for hydroxylation is 1. The smallest absolute Gasteiger partial charge is 0.227 e. The van der Waals surface area contributed by atoms with Gasteiger partial charge in [-0.05, 0) is 48.4 Å². The molecule has 1 fully saturated rings. The second-order valence-corrected chi connectivity index (χ2v) is 8.56. The van der Waals surface area contributed by atoms with E-state index in [0.29, 0.717) is 26.1 Å². The Balaban J connectivity index is 1.37. The maximum Gasteiger partial charge on any atom is 0.227 e. The summed E-state index contributed by atoms with van der Waals surface area (Å²) in [7, 11) is 1.65. The molecule has 0 radical (unpaired) electrons. The van der Waals surface area contributed by atoms with E-state index in [2.05, 4.69) is 29.7 Å². The molecule has 34 heavy (non-hydrogen) atoms. The molecule has 5 rings (SSSR count). The van der Waals surface area contributed by atoms with E-state index < -0.39 is 0 Å². The molecule has 0 saturated carbocycles. The molecule has 1 saturated heterocycles. The molecule has 174 valence electrons. The highest BCUT2D eigenvalue weighted by Gasteiger charge is 2.34. The van der Waals surface area contributed by atoms with E-state index in [1.165, 1.54) is 5.56 Å². The van der Waals surface area contributed by atoms with Crippen LogP contribution < -0.4 is 14.4 Å². The Kier molecular flexibility index (Phi) is 6.21. The quantitative estimate of drug-likeness (QED) is 0.366. The van der Waals surface area contributed by atoms with Crippen LogP contribution in [0, 0.1) is 0 Å². The number of fused-ring (bicyclic) bond motifs is 1. The van der Waals surface area contributed by atoms with Crippen molar-refractivity contribution < 1.29 is 14.3 Å². The molecule has 1 aliphatic heterocycles. The summed E-state index contributed by atoms with van der Waals surface area (Å²) < 4.78 is 13.5. The number of nitrogens with zero attached hydrogens (tertiary/aromatic N) is 3. The Labute approximate surface area is 199 Å². The first-order valence-electron chi connectivity index (χ1n) is 11.8. The first kappa shape index (κ1) is 22.0. The molecular formula is C28H29N3O3. The Morgan fingerprint density at radius 2 is 1.79 bits per heavy atom. The van der Waals surface area contributed by atoms with E-state index >= 15 is 0 Å². The van der Waals surface area contributed by atoms with Crippen LogP contribution in [0.25, 0.3) is 11.0 Å². The molecule has 1 atom stereocenters. The molecule has 1 aliphatic rings. The summed E-state index contributed by atoms with van der Waals surface area (Å²) in [5.41, 5.74) is 4.22. The monoisotopic (exact) mass is 455 g/mol. The third-order valence-electron chi connectivity index (χ3n) is 6.46. The van der Waals surface area contributed by atoms with Gasteiger partial charge < -0.3 is 18.9 Å². The van der Waals surface area contributed by atoms with Crippen molar-refractivity contribution in [2.75, 3.05) is 25.2 Å². The standard InChI is InChI=1S/C28H29N3O3/c1-3-20-11-13-22(14-12-20)31-19-21(17-27(31)32)28-29-25-9-4-5-10-26(25)30(28)15-16-34-24-8-6-7-23(18-24)33-2/h4-14,18,21H,3,15-17,19H2,1-2H3/t21-/m0/s1. The van der Waals surface area contributed by atoms with Gasteiger partial charge in [0.25, 0.3) is 0 Å². The fraction of sp³-hybridized carbons (Fsp3) is 0.286. The number of carbonyl (C=O) groups is 1. The van der Waals surface area contributed by atoms with Crippen molar-refractivity contribution in [2.24, 2.45) is 0 Å². The number of benzene rings is 3. The zero-order chi connectivity index (χ0) is 23.5.